The molecule has 0 aromatic heterocycles. The maximum absolute atomic E-state index is 11.8. The van der Waals surface area contributed by atoms with E-state index in [0.717, 1.165) is 25.9 Å². The Morgan fingerprint density at radius 2 is 2.06 bits per heavy atom. The summed E-state index contributed by atoms with van der Waals surface area (Å²) in [5.74, 6) is 1.54. The normalized spacial score (nSPS) is 16.3. The Balaban J connectivity index is 1.85. The number of hydrogen-bond donors (Lipinski definition) is 1. The van der Waals surface area contributed by atoms with E-state index in [0.29, 0.717) is 23.8 Å². The summed E-state index contributed by atoms with van der Waals surface area (Å²) in [6.45, 7) is 1.99. The molecule has 0 unspecified atom stereocenters. The Labute approximate surface area is 107 Å². The number of carbonyl (C=O) groups excluding carboxylic acids is 1. The van der Waals surface area contributed by atoms with Crippen LogP contribution in [0.5, 0.6) is 11.5 Å². The molecule has 1 N–H and O–H groups in total. The highest BCUT2D eigenvalue weighted by atomic mass is 16.5. The zero-order chi connectivity index (χ0) is 12.8. The second-order valence-corrected chi connectivity index (χ2v) is 4.55. The predicted octanol–water partition coefficient (Wildman–Crippen LogP) is 1.99. The maximum Gasteiger partial charge on any atom is 0.311 e. The summed E-state index contributed by atoms with van der Waals surface area (Å²) in [5.41, 5.74) is 0. The van der Waals surface area contributed by atoms with Gasteiger partial charge < -0.3 is 14.8 Å². The molecular formula is C14H19NO3. The van der Waals surface area contributed by atoms with Crippen molar-refractivity contribution in [2.24, 2.45) is 5.92 Å². The van der Waals surface area contributed by atoms with E-state index in [1.807, 2.05) is 12.1 Å². The van der Waals surface area contributed by atoms with Gasteiger partial charge in [-0.2, -0.15) is 0 Å². The summed E-state index contributed by atoms with van der Waals surface area (Å²) in [5, 5.41) is 3.28. The number of benzene rings is 1. The molecule has 0 aliphatic carbocycles. The fourth-order valence-electron chi connectivity index (χ4n) is 2.16. The van der Waals surface area contributed by atoms with Crippen molar-refractivity contribution < 1.29 is 14.3 Å². The highest BCUT2D eigenvalue weighted by Crippen LogP contribution is 2.21. The lowest BCUT2D eigenvalue weighted by Crippen LogP contribution is -2.29. The number of rotatable bonds is 4. The molecule has 1 heterocycles. The molecule has 1 fully saturated rings. The van der Waals surface area contributed by atoms with Crippen LogP contribution in [-0.2, 0) is 4.79 Å². The number of methoxy groups -OCH3 is 1. The van der Waals surface area contributed by atoms with E-state index in [1.165, 1.54) is 0 Å². The smallest absolute Gasteiger partial charge is 0.311 e. The van der Waals surface area contributed by atoms with Crippen LogP contribution in [0, 0.1) is 5.92 Å². The predicted molar refractivity (Wildman–Crippen MR) is 68.8 cm³/mol. The fraction of sp³-hybridized carbons (Fsp3) is 0.500. The van der Waals surface area contributed by atoms with Gasteiger partial charge in [0.05, 0.1) is 7.11 Å². The zero-order valence-corrected chi connectivity index (χ0v) is 10.6. The number of ether oxygens (including phenoxy) is 2. The van der Waals surface area contributed by atoms with E-state index in [9.17, 15) is 4.79 Å². The molecule has 1 aliphatic heterocycles. The van der Waals surface area contributed by atoms with Crippen LogP contribution < -0.4 is 14.8 Å². The van der Waals surface area contributed by atoms with Gasteiger partial charge >= 0.3 is 5.97 Å². The van der Waals surface area contributed by atoms with Crippen LogP contribution in [0.4, 0.5) is 0 Å². The van der Waals surface area contributed by atoms with E-state index in [2.05, 4.69) is 5.32 Å². The SMILES string of the molecule is COc1cccc(OC(=O)CC2CCNCC2)c1. The van der Waals surface area contributed by atoms with Crippen LogP contribution in [0.3, 0.4) is 0 Å². The number of piperidine rings is 1. The molecular weight excluding hydrogens is 230 g/mol. The van der Waals surface area contributed by atoms with Gasteiger partial charge in [0.25, 0.3) is 0 Å². The van der Waals surface area contributed by atoms with Crippen molar-refractivity contribution in [1.29, 1.82) is 0 Å². The summed E-state index contributed by atoms with van der Waals surface area (Å²) in [6.07, 6.45) is 2.60. The molecule has 0 amide bonds. The highest BCUT2D eigenvalue weighted by molar-refractivity contribution is 5.72. The average molecular weight is 249 g/mol. The molecule has 1 aromatic carbocycles. The van der Waals surface area contributed by atoms with Gasteiger partial charge in [0.1, 0.15) is 11.5 Å². The summed E-state index contributed by atoms with van der Waals surface area (Å²) in [6, 6.07) is 7.12. The van der Waals surface area contributed by atoms with Crippen LogP contribution in [0.25, 0.3) is 0 Å². The molecule has 98 valence electrons. The van der Waals surface area contributed by atoms with Crippen molar-refractivity contribution in [1.82, 2.24) is 5.32 Å². The first kappa shape index (κ1) is 12.9. The van der Waals surface area contributed by atoms with Gasteiger partial charge in [-0.25, -0.2) is 0 Å². The summed E-state index contributed by atoms with van der Waals surface area (Å²) in [4.78, 5) is 11.8. The summed E-state index contributed by atoms with van der Waals surface area (Å²) < 4.78 is 10.4. The van der Waals surface area contributed by atoms with Crippen LogP contribution in [0.2, 0.25) is 0 Å². The highest BCUT2D eigenvalue weighted by Gasteiger charge is 2.18. The molecule has 1 aliphatic rings. The summed E-state index contributed by atoms with van der Waals surface area (Å²) in [7, 11) is 1.59. The fourth-order valence-corrected chi connectivity index (χ4v) is 2.16. The lowest BCUT2D eigenvalue weighted by Gasteiger charge is -2.21. The Morgan fingerprint density at radius 1 is 1.33 bits per heavy atom. The molecule has 0 spiro atoms. The third kappa shape index (κ3) is 3.74. The van der Waals surface area contributed by atoms with Crippen molar-refractivity contribution in [3.8, 4) is 11.5 Å². The van der Waals surface area contributed by atoms with Gasteiger partial charge in [-0.1, -0.05) is 6.07 Å². The van der Waals surface area contributed by atoms with Crippen molar-refractivity contribution in [3.63, 3.8) is 0 Å². The van der Waals surface area contributed by atoms with Crippen LogP contribution >= 0.6 is 0 Å². The van der Waals surface area contributed by atoms with Crippen molar-refractivity contribution in [3.05, 3.63) is 24.3 Å². The molecule has 4 heteroatoms. The quantitative estimate of drug-likeness (QED) is 0.655. The lowest BCUT2D eigenvalue weighted by atomic mass is 9.95. The Morgan fingerprint density at radius 3 is 2.78 bits per heavy atom. The van der Waals surface area contributed by atoms with E-state index in [-0.39, 0.29) is 5.97 Å². The first-order chi connectivity index (χ1) is 8.78. The monoisotopic (exact) mass is 249 g/mol. The minimum atomic E-state index is -0.157. The molecule has 2 rings (SSSR count). The average Bonchev–Trinajstić information content (AvgIpc) is 2.40. The molecule has 0 bridgehead atoms. The molecule has 1 saturated heterocycles. The van der Waals surface area contributed by atoms with Crippen LogP contribution in [0.15, 0.2) is 24.3 Å². The minimum absolute atomic E-state index is 0.157. The molecule has 4 nitrogen and oxygen atoms in total. The van der Waals surface area contributed by atoms with E-state index in [4.69, 9.17) is 9.47 Å². The van der Waals surface area contributed by atoms with Gasteiger partial charge in [0.15, 0.2) is 0 Å². The Bertz CT molecular complexity index is 400. The first-order valence-corrected chi connectivity index (χ1v) is 6.33. The topological polar surface area (TPSA) is 47.6 Å². The second-order valence-electron chi connectivity index (χ2n) is 4.55. The molecule has 0 saturated carbocycles. The largest absolute Gasteiger partial charge is 0.497 e. The molecule has 1 aromatic rings. The van der Waals surface area contributed by atoms with Gasteiger partial charge in [-0.05, 0) is 44.0 Å². The maximum atomic E-state index is 11.8. The van der Waals surface area contributed by atoms with Gasteiger partial charge in [0, 0.05) is 12.5 Å². The summed E-state index contributed by atoms with van der Waals surface area (Å²) >= 11 is 0. The van der Waals surface area contributed by atoms with Gasteiger partial charge in [-0.3, -0.25) is 4.79 Å². The number of esters is 1. The second kappa shape index (κ2) is 6.40. The van der Waals surface area contributed by atoms with E-state index >= 15 is 0 Å². The van der Waals surface area contributed by atoms with Crippen molar-refractivity contribution in [2.45, 2.75) is 19.3 Å². The van der Waals surface area contributed by atoms with E-state index < -0.39 is 0 Å². The van der Waals surface area contributed by atoms with Gasteiger partial charge in [-0.15, -0.1) is 0 Å². The molecule has 0 atom stereocenters. The van der Waals surface area contributed by atoms with Crippen LogP contribution in [-0.4, -0.2) is 26.2 Å². The van der Waals surface area contributed by atoms with Crippen LogP contribution in [0.1, 0.15) is 19.3 Å². The zero-order valence-electron chi connectivity index (χ0n) is 10.6. The third-order valence-corrected chi connectivity index (χ3v) is 3.19. The minimum Gasteiger partial charge on any atom is -0.497 e. The molecule has 0 radical (unpaired) electrons. The Hall–Kier alpha value is -1.55. The first-order valence-electron chi connectivity index (χ1n) is 6.33. The third-order valence-electron chi connectivity index (χ3n) is 3.19. The number of carbonyl (C=O) groups is 1. The van der Waals surface area contributed by atoms with Crippen molar-refractivity contribution >= 4 is 5.97 Å². The lowest BCUT2D eigenvalue weighted by molar-refractivity contribution is -0.135. The number of hydrogen-bond acceptors (Lipinski definition) is 4. The standard InChI is InChI=1S/C14H19NO3/c1-17-12-3-2-4-13(10-12)18-14(16)9-11-5-7-15-8-6-11/h2-4,10-11,15H,5-9H2,1H3. The van der Waals surface area contributed by atoms with Gasteiger partial charge in [0.2, 0.25) is 0 Å². The molecule has 18 heavy (non-hydrogen) atoms. The number of nitrogens with one attached hydrogen (secondary N) is 1. The van der Waals surface area contributed by atoms with Crippen molar-refractivity contribution in [2.75, 3.05) is 20.2 Å². The van der Waals surface area contributed by atoms with E-state index in [1.54, 1.807) is 19.2 Å². The Kier molecular flexibility index (Phi) is 4.59.